The maximum Gasteiger partial charge on any atom is 0.226 e. The lowest BCUT2D eigenvalue weighted by Crippen LogP contribution is -2.39. The van der Waals surface area contributed by atoms with Crippen molar-refractivity contribution in [2.24, 2.45) is 0 Å². The Balaban J connectivity index is 1.96. The van der Waals surface area contributed by atoms with E-state index in [4.69, 9.17) is 0 Å². The Morgan fingerprint density at radius 3 is 2.56 bits per heavy atom. The van der Waals surface area contributed by atoms with Crippen LogP contribution >= 0.6 is 15.9 Å². The number of alkyl halides is 1. The molecule has 1 aromatic rings. The second-order valence-electron chi connectivity index (χ2n) is 5.15. The number of carbonyl (C=O) groups excluding carboxylic acids is 1. The lowest BCUT2D eigenvalue weighted by atomic mass is 10.0. The first-order chi connectivity index (χ1) is 8.56. The highest BCUT2D eigenvalue weighted by molar-refractivity contribution is 9.09. The number of hydrogen-bond acceptors (Lipinski definition) is 1. The summed E-state index contributed by atoms with van der Waals surface area (Å²) in [5.41, 5.74) is 3.68. The first-order valence-electron chi connectivity index (χ1n) is 6.54. The van der Waals surface area contributed by atoms with Gasteiger partial charge in [0.15, 0.2) is 0 Å². The molecule has 1 aromatic carbocycles. The van der Waals surface area contributed by atoms with Crippen molar-refractivity contribution in [3.63, 3.8) is 0 Å². The van der Waals surface area contributed by atoms with E-state index in [9.17, 15) is 4.79 Å². The number of hydrogen-bond donors (Lipinski definition) is 0. The molecule has 1 aliphatic heterocycles. The van der Waals surface area contributed by atoms with Crippen molar-refractivity contribution in [2.45, 2.75) is 37.9 Å². The van der Waals surface area contributed by atoms with Crippen molar-refractivity contribution in [2.75, 3.05) is 13.1 Å². The molecule has 2 rings (SSSR count). The quantitative estimate of drug-likeness (QED) is 0.768. The Morgan fingerprint density at radius 2 is 1.94 bits per heavy atom. The zero-order valence-corrected chi connectivity index (χ0v) is 12.7. The first-order valence-corrected chi connectivity index (χ1v) is 7.46. The average molecular weight is 310 g/mol. The second kappa shape index (κ2) is 5.87. The number of amides is 1. The first kappa shape index (κ1) is 13.6. The Hall–Kier alpha value is -0.830. The summed E-state index contributed by atoms with van der Waals surface area (Å²) in [7, 11) is 0. The van der Waals surface area contributed by atoms with Crippen LogP contribution in [-0.2, 0) is 11.2 Å². The number of halogens is 1. The summed E-state index contributed by atoms with van der Waals surface area (Å²) >= 11 is 3.61. The van der Waals surface area contributed by atoms with Crippen molar-refractivity contribution in [1.29, 1.82) is 0 Å². The van der Waals surface area contributed by atoms with E-state index in [1.807, 2.05) is 4.90 Å². The minimum atomic E-state index is 0.262. The van der Waals surface area contributed by atoms with Crippen LogP contribution in [0.15, 0.2) is 18.2 Å². The molecular formula is C15H20BrNO. The summed E-state index contributed by atoms with van der Waals surface area (Å²) in [6.45, 7) is 5.97. The summed E-state index contributed by atoms with van der Waals surface area (Å²) in [4.78, 5) is 14.8. The van der Waals surface area contributed by atoms with E-state index in [1.165, 1.54) is 11.1 Å². The van der Waals surface area contributed by atoms with Gasteiger partial charge in [-0.15, -0.1) is 0 Å². The van der Waals surface area contributed by atoms with Crippen molar-refractivity contribution in [3.05, 3.63) is 34.9 Å². The van der Waals surface area contributed by atoms with E-state index in [0.717, 1.165) is 31.5 Å². The van der Waals surface area contributed by atoms with Crippen molar-refractivity contribution in [1.82, 2.24) is 4.90 Å². The van der Waals surface area contributed by atoms with Crippen LogP contribution < -0.4 is 0 Å². The van der Waals surface area contributed by atoms with Gasteiger partial charge in [-0.05, 0) is 43.4 Å². The van der Waals surface area contributed by atoms with Crippen LogP contribution in [0.1, 0.15) is 29.5 Å². The lowest BCUT2D eigenvalue weighted by molar-refractivity contribution is -0.131. The summed E-state index contributed by atoms with van der Waals surface area (Å²) in [5.74, 6) is 0.262. The van der Waals surface area contributed by atoms with Crippen LogP contribution in [0.5, 0.6) is 0 Å². The van der Waals surface area contributed by atoms with Gasteiger partial charge < -0.3 is 4.90 Å². The highest BCUT2D eigenvalue weighted by atomic mass is 79.9. The summed E-state index contributed by atoms with van der Waals surface area (Å²) < 4.78 is 0. The van der Waals surface area contributed by atoms with Gasteiger partial charge in [0.25, 0.3) is 0 Å². The molecule has 0 unspecified atom stereocenters. The standard InChI is InChI=1S/C15H20BrNO/c1-11-3-4-13(9-12(11)2)10-15(18)17-7-5-14(16)6-8-17/h3-4,9,14H,5-8,10H2,1-2H3. The molecule has 1 fully saturated rings. The molecule has 1 aliphatic rings. The molecule has 0 saturated carbocycles. The molecule has 0 spiro atoms. The monoisotopic (exact) mass is 309 g/mol. The maximum atomic E-state index is 12.2. The number of aryl methyl sites for hydroxylation is 2. The third kappa shape index (κ3) is 3.35. The molecule has 3 heteroatoms. The largest absolute Gasteiger partial charge is 0.342 e. The highest BCUT2D eigenvalue weighted by Crippen LogP contribution is 2.18. The second-order valence-corrected chi connectivity index (χ2v) is 6.45. The fourth-order valence-corrected chi connectivity index (χ4v) is 2.71. The van der Waals surface area contributed by atoms with E-state index >= 15 is 0 Å². The summed E-state index contributed by atoms with van der Waals surface area (Å²) in [6, 6.07) is 6.30. The molecule has 0 atom stereocenters. The molecule has 1 amide bonds. The SMILES string of the molecule is Cc1ccc(CC(=O)N2CCC(Br)CC2)cc1C. The van der Waals surface area contributed by atoms with Gasteiger partial charge in [0.2, 0.25) is 5.91 Å². The molecule has 0 bridgehead atoms. The van der Waals surface area contributed by atoms with Gasteiger partial charge in [-0.2, -0.15) is 0 Å². The smallest absolute Gasteiger partial charge is 0.226 e. The van der Waals surface area contributed by atoms with Crippen molar-refractivity contribution >= 4 is 21.8 Å². The van der Waals surface area contributed by atoms with E-state index in [2.05, 4.69) is 48.0 Å². The molecule has 0 aromatic heterocycles. The molecule has 0 aliphatic carbocycles. The van der Waals surface area contributed by atoms with E-state index in [1.54, 1.807) is 0 Å². The maximum absolute atomic E-state index is 12.2. The lowest BCUT2D eigenvalue weighted by Gasteiger charge is -2.29. The number of likely N-dealkylation sites (tertiary alicyclic amines) is 1. The van der Waals surface area contributed by atoms with Crippen LogP contribution in [0.2, 0.25) is 0 Å². The predicted octanol–water partition coefficient (Wildman–Crippen LogP) is 3.23. The topological polar surface area (TPSA) is 20.3 Å². The van der Waals surface area contributed by atoms with Crippen LogP contribution in [0.4, 0.5) is 0 Å². The molecule has 18 heavy (non-hydrogen) atoms. The Bertz CT molecular complexity index is 436. The van der Waals surface area contributed by atoms with Crippen LogP contribution in [0, 0.1) is 13.8 Å². The Kier molecular flexibility index (Phi) is 4.44. The van der Waals surface area contributed by atoms with Crippen molar-refractivity contribution < 1.29 is 4.79 Å². The van der Waals surface area contributed by atoms with E-state index < -0.39 is 0 Å². The van der Waals surface area contributed by atoms with Crippen molar-refractivity contribution in [3.8, 4) is 0 Å². The molecule has 2 nitrogen and oxygen atoms in total. The fourth-order valence-electron chi connectivity index (χ4n) is 2.30. The number of carbonyl (C=O) groups is 1. The van der Waals surface area contributed by atoms with Gasteiger partial charge >= 0.3 is 0 Å². The van der Waals surface area contributed by atoms with Gasteiger partial charge in [0, 0.05) is 17.9 Å². The van der Waals surface area contributed by atoms with Gasteiger partial charge in [-0.25, -0.2) is 0 Å². The van der Waals surface area contributed by atoms with Crippen LogP contribution in [0.3, 0.4) is 0 Å². The molecule has 98 valence electrons. The summed E-state index contributed by atoms with van der Waals surface area (Å²) in [5, 5.41) is 0. The minimum absolute atomic E-state index is 0.262. The number of benzene rings is 1. The highest BCUT2D eigenvalue weighted by Gasteiger charge is 2.21. The van der Waals surface area contributed by atoms with Crippen LogP contribution in [-0.4, -0.2) is 28.7 Å². The van der Waals surface area contributed by atoms with Gasteiger partial charge in [0.05, 0.1) is 6.42 Å². The molecule has 1 saturated heterocycles. The van der Waals surface area contributed by atoms with Crippen LogP contribution in [0.25, 0.3) is 0 Å². The minimum Gasteiger partial charge on any atom is -0.342 e. The third-order valence-electron chi connectivity index (χ3n) is 3.70. The van der Waals surface area contributed by atoms with Gasteiger partial charge in [-0.1, -0.05) is 34.1 Å². The molecule has 1 heterocycles. The Morgan fingerprint density at radius 1 is 1.28 bits per heavy atom. The number of rotatable bonds is 2. The zero-order valence-electron chi connectivity index (χ0n) is 11.1. The molecule has 0 radical (unpaired) electrons. The average Bonchev–Trinajstić information content (AvgIpc) is 2.34. The third-order valence-corrected chi connectivity index (χ3v) is 4.62. The fraction of sp³-hybridized carbons (Fsp3) is 0.533. The number of piperidine rings is 1. The van der Waals surface area contributed by atoms with E-state index in [-0.39, 0.29) is 5.91 Å². The van der Waals surface area contributed by atoms with Gasteiger partial charge in [-0.3, -0.25) is 4.79 Å². The molecular weight excluding hydrogens is 290 g/mol. The summed E-state index contributed by atoms with van der Waals surface area (Å²) in [6.07, 6.45) is 2.67. The van der Waals surface area contributed by atoms with Gasteiger partial charge in [0.1, 0.15) is 0 Å². The predicted molar refractivity (Wildman–Crippen MR) is 78.1 cm³/mol. The molecule has 0 N–H and O–H groups in total. The number of nitrogens with zero attached hydrogens (tertiary/aromatic N) is 1. The van der Waals surface area contributed by atoms with E-state index in [0.29, 0.717) is 11.2 Å². The normalized spacial score (nSPS) is 16.9. The zero-order chi connectivity index (χ0) is 13.1. The Labute approximate surface area is 117 Å².